The summed E-state index contributed by atoms with van der Waals surface area (Å²) in [6, 6.07) is 13.4. The van der Waals surface area contributed by atoms with Gasteiger partial charge in [0.05, 0.1) is 31.1 Å². The molecule has 5 nitrogen and oxygen atoms in total. The molecule has 0 aromatic heterocycles. The monoisotopic (exact) mass is 316 g/mol. The first kappa shape index (κ1) is 15.4. The molecular formula is C17H19FN3O2+. The zero-order valence-corrected chi connectivity index (χ0v) is 12.7. The molecule has 0 spiro atoms. The fourth-order valence-corrected chi connectivity index (χ4v) is 2.98. The summed E-state index contributed by atoms with van der Waals surface area (Å²) in [5.74, 6) is -0.189. The third-order valence-corrected chi connectivity index (χ3v) is 4.24. The molecule has 0 radical (unpaired) electrons. The molecule has 1 fully saturated rings. The molecule has 23 heavy (non-hydrogen) atoms. The summed E-state index contributed by atoms with van der Waals surface area (Å²) in [6.07, 6.45) is 0. The van der Waals surface area contributed by atoms with Crippen LogP contribution in [0.1, 0.15) is 5.56 Å². The van der Waals surface area contributed by atoms with Crippen molar-refractivity contribution >= 4 is 11.4 Å². The predicted molar refractivity (Wildman–Crippen MR) is 86.1 cm³/mol. The zero-order valence-electron chi connectivity index (χ0n) is 12.7. The van der Waals surface area contributed by atoms with Crippen LogP contribution >= 0.6 is 0 Å². The summed E-state index contributed by atoms with van der Waals surface area (Å²) in [5, 5.41) is 10.7. The van der Waals surface area contributed by atoms with Crippen LogP contribution in [0.4, 0.5) is 15.8 Å². The highest BCUT2D eigenvalue weighted by molar-refractivity contribution is 5.51. The quantitative estimate of drug-likeness (QED) is 0.689. The first-order valence-corrected chi connectivity index (χ1v) is 7.69. The lowest BCUT2D eigenvalue weighted by Crippen LogP contribution is -3.13. The van der Waals surface area contributed by atoms with Crippen LogP contribution in [0.2, 0.25) is 0 Å². The van der Waals surface area contributed by atoms with Gasteiger partial charge >= 0.3 is 0 Å². The SMILES string of the molecule is O=[N+]([O-])c1ccc(N2CC[NH+](Cc3cccc(F)c3)CC2)cc1. The summed E-state index contributed by atoms with van der Waals surface area (Å²) in [6.45, 7) is 4.54. The smallest absolute Gasteiger partial charge is 0.269 e. The second kappa shape index (κ2) is 6.75. The van der Waals surface area contributed by atoms with Gasteiger partial charge in [-0.05, 0) is 24.3 Å². The van der Waals surface area contributed by atoms with E-state index in [2.05, 4.69) is 4.90 Å². The number of quaternary nitrogens is 1. The van der Waals surface area contributed by atoms with Crippen molar-refractivity contribution < 1.29 is 14.2 Å². The molecule has 120 valence electrons. The maximum absolute atomic E-state index is 13.2. The molecule has 1 N–H and O–H groups in total. The number of nitro benzene ring substituents is 1. The van der Waals surface area contributed by atoms with Crippen LogP contribution in [0, 0.1) is 15.9 Å². The number of piperazine rings is 1. The van der Waals surface area contributed by atoms with E-state index in [4.69, 9.17) is 0 Å². The Bertz CT molecular complexity index is 682. The van der Waals surface area contributed by atoms with Gasteiger partial charge in [0.2, 0.25) is 0 Å². The van der Waals surface area contributed by atoms with Gasteiger partial charge in [-0.25, -0.2) is 4.39 Å². The van der Waals surface area contributed by atoms with Crippen LogP contribution < -0.4 is 9.80 Å². The van der Waals surface area contributed by atoms with Crippen LogP contribution in [0.25, 0.3) is 0 Å². The Hall–Kier alpha value is -2.47. The summed E-state index contributed by atoms with van der Waals surface area (Å²) in [5.41, 5.74) is 2.15. The van der Waals surface area contributed by atoms with Crippen molar-refractivity contribution in [2.45, 2.75) is 6.54 Å². The van der Waals surface area contributed by atoms with Gasteiger partial charge in [0.25, 0.3) is 5.69 Å². The van der Waals surface area contributed by atoms with Crippen LogP contribution in [-0.4, -0.2) is 31.1 Å². The summed E-state index contributed by atoms with van der Waals surface area (Å²) in [4.78, 5) is 14.0. The molecule has 0 amide bonds. The molecule has 1 saturated heterocycles. The van der Waals surface area contributed by atoms with Gasteiger partial charge in [0, 0.05) is 23.4 Å². The van der Waals surface area contributed by atoms with Crippen molar-refractivity contribution in [3.05, 3.63) is 70.0 Å². The largest absolute Gasteiger partial charge is 0.360 e. The zero-order chi connectivity index (χ0) is 16.2. The molecule has 3 rings (SSSR count). The number of hydrogen-bond donors (Lipinski definition) is 1. The number of nitrogens with zero attached hydrogens (tertiary/aromatic N) is 2. The van der Waals surface area contributed by atoms with E-state index in [-0.39, 0.29) is 16.4 Å². The first-order valence-electron chi connectivity index (χ1n) is 7.69. The van der Waals surface area contributed by atoms with E-state index in [1.165, 1.54) is 11.0 Å². The molecule has 2 aromatic rings. The summed E-state index contributed by atoms with van der Waals surface area (Å²) in [7, 11) is 0. The van der Waals surface area contributed by atoms with Crippen LogP contribution in [-0.2, 0) is 6.54 Å². The minimum absolute atomic E-state index is 0.115. The predicted octanol–water partition coefficient (Wildman–Crippen LogP) is 1.64. The van der Waals surface area contributed by atoms with E-state index in [1.54, 1.807) is 36.4 Å². The number of nitro groups is 1. The van der Waals surface area contributed by atoms with Crippen molar-refractivity contribution in [1.82, 2.24) is 0 Å². The number of non-ortho nitro benzene ring substituents is 1. The third-order valence-electron chi connectivity index (χ3n) is 4.24. The fourth-order valence-electron chi connectivity index (χ4n) is 2.98. The van der Waals surface area contributed by atoms with E-state index in [0.717, 1.165) is 44.0 Å². The first-order chi connectivity index (χ1) is 11.1. The Balaban J connectivity index is 1.56. The van der Waals surface area contributed by atoms with Gasteiger partial charge in [-0.3, -0.25) is 10.1 Å². The second-order valence-corrected chi connectivity index (χ2v) is 5.82. The average Bonchev–Trinajstić information content (AvgIpc) is 2.56. The van der Waals surface area contributed by atoms with E-state index in [1.807, 2.05) is 6.07 Å². The maximum Gasteiger partial charge on any atom is 0.269 e. The minimum Gasteiger partial charge on any atom is -0.360 e. The second-order valence-electron chi connectivity index (χ2n) is 5.82. The number of nitrogens with one attached hydrogen (secondary N) is 1. The number of anilines is 1. The molecular weight excluding hydrogens is 297 g/mol. The Morgan fingerprint density at radius 3 is 2.43 bits per heavy atom. The highest BCUT2D eigenvalue weighted by Gasteiger charge is 2.20. The molecule has 6 heteroatoms. The van der Waals surface area contributed by atoms with Crippen molar-refractivity contribution in [1.29, 1.82) is 0 Å². The topological polar surface area (TPSA) is 50.8 Å². The molecule has 0 atom stereocenters. The molecule has 2 aromatic carbocycles. The number of rotatable bonds is 4. The van der Waals surface area contributed by atoms with E-state index in [9.17, 15) is 14.5 Å². The van der Waals surface area contributed by atoms with Crippen LogP contribution in [0.15, 0.2) is 48.5 Å². The van der Waals surface area contributed by atoms with Crippen molar-refractivity contribution in [3.63, 3.8) is 0 Å². The molecule has 1 aliphatic heterocycles. The molecule has 0 saturated carbocycles. The highest BCUT2D eigenvalue weighted by atomic mass is 19.1. The molecule has 0 unspecified atom stereocenters. The Morgan fingerprint density at radius 1 is 1.13 bits per heavy atom. The normalized spacial score (nSPS) is 15.6. The lowest BCUT2D eigenvalue weighted by atomic mass is 10.2. The summed E-state index contributed by atoms with van der Waals surface area (Å²) < 4.78 is 13.2. The maximum atomic E-state index is 13.2. The van der Waals surface area contributed by atoms with E-state index < -0.39 is 0 Å². The van der Waals surface area contributed by atoms with Gasteiger partial charge in [-0.1, -0.05) is 12.1 Å². The van der Waals surface area contributed by atoms with Gasteiger partial charge in [-0.2, -0.15) is 0 Å². The van der Waals surface area contributed by atoms with Crippen LogP contribution in [0.3, 0.4) is 0 Å². The van der Waals surface area contributed by atoms with Crippen molar-refractivity contribution in [2.24, 2.45) is 0 Å². The number of benzene rings is 2. The Morgan fingerprint density at radius 2 is 1.83 bits per heavy atom. The average molecular weight is 316 g/mol. The fraction of sp³-hybridized carbons (Fsp3) is 0.294. The molecule has 0 bridgehead atoms. The van der Waals surface area contributed by atoms with Crippen LogP contribution in [0.5, 0.6) is 0 Å². The molecule has 1 aliphatic rings. The van der Waals surface area contributed by atoms with Crippen molar-refractivity contribution in [2.75, 3.05) is 31.1 Å². The summed E-state index contributed by atoms with van der Waals surface area (Å²) >= 11 is 0. The van der Waals surface area contributed by atoms with Gasteiger partial charge in [0.15, 0.2) is 0 Å². The van der Waals surface area contributed by atoms with Crippen molar-refractivity contribution in [3.8, 4) is 0 Å². The minimum atomic E-state index is -0.384. The van der Waals surface area contributed by atoms with Gasteiger partial charge in [0.1, 0.15) is 12.4 Å². The number of hydrogen-bond acceptors (Lipinski definition) is 3. The Labute approximate surface area is 134 Å². The Kier molecular flexibility index (Phi) is 4.52. The number of halogens is 1. The molecule has 0 aliphatic carbocycles. The lowest BCUT2D eigenvalue weighted by molar-refractivity contribution is -0.914. The standard InChI is InChI=1S/C17H18FN3O2/c18-15-3-1-2-14(12-15)13-19-8-10-20(11-9-19)16-4-6-17(7-5-16)21(22)23/h1-7,12H,8-11,13H2/p+1. The lowest BCUT2D eigenvalue weighted by Gasteiger charge is -2.33. The third kappa shape index (κ3) is 3.84. The van der Waals surface area contributed by atoms with E-state index in [0.29, 0.717) is 0 Å². The molecule has 1 heterocycles. The van der Waals surface area contributed by atoms with Gasteiger partial charge < -0.3 is 9.80 Å². The highest BCUT2D eigenvalue weighted by Crippen LogP contribution is 2.19. The van der Waals surface area contributed by atoms with E-state index >= 15 is 0 Å². The van der Waals surface area contributed by atoms with Gasteiger partial charge in [-0.15, -0.1) is 0 Å².